The van der Waals surface area contributed by atoms with E-state index < -0.39 is 0 Å². The number of amides is 2. The van der Waals surface area contributed by atoms with Crippen LogP contribution in [0.4, 0.5) is 0 Å². The van der Waals surface area contributed by atoms with E-state index in [1.807, 2.05) is 4.90 Å². The van der Waals surface area contributed by atoms with Crippen molar-refractivity contribution in [1.82, 2.24) is 10.2 Å². The van der Waals surface area contributed by atoms with Crippen LogP contribution < -0.4 is 5.32 Å². The van der Waals surface area contributed by atoms with E-state index in [0.29, 0.717) is 38.3 Å². The van der Waals surface area contributed by atoms with Gasteiger partial charge in [0.25, 0.3) is 0 Å². The van der Waals surface area contributed by atoms with Crippen LogP contribution >= 0.6 is 0 Å². The Labute approximate surface area is 108 Å². The van der Waals surface area contributed by atoms with Crippen LogP contribution in [0.3, 0.4) is 0 Å². The molecule has 2 amide bonds. The molecule has 2 fully saturated rings. The second kappa shape index (κ2) is 6.18. The van der Waals surface area contributed by atoms with Gasteiger partial charge in [-0.1, -0.05) is 0 Å². The number of carbonyl (C=O) groups excluding carboxylic acids is 2. The molecule has 1 unspecified atom stereocenters. The molecular weight excluding hydrogens is 232 g/mol. The first-order valence-electron chi connectivity index (χ1n) is 6.80. The minimum absolute atomic E-state index is 0.000587. The molecule has 0 aromatic carbocycles. The minimum atomic E-state index is 0.000587. The Morgan fingerprint density at radius 2 is 2.11 bits per heavy atom. The SMILES string of the molecule is CNC(=O)CCCC(=O)N1CCOC(C2CC2)C1. The Bertz CT molecular complexity index is 315. The van der Waals surface area contributed by atoms with Crippen molar-refractivity contribution in [3.05, 3.63) is 0 Å². The van der Waals surface area contributed by atoms with Crippen molar-refractivity contribution in [3.8, 4) is 0 Å². The molecule has 102 valence electrons. The Morgan fingerprint density at radius 3 is 2.78 bits per heavy atom. The molecule has 0 aromatic rings. The predicted molar refractivity (Wildman–Crippen MR) is 67.0 cm³/mol. The third-order valence-corrected chi connectivity index (χ3v) is 3.67. The molecule has 0 aromatic heterocycles. The summed E-state index contributed by atoms with van der Waals surface area (Å²) in [5.41, 5.74) is 0. The standard InChI is InChI=1S/C13H22N2O3/c1-14-12(16)3-2-4-13(17)15-7-8-18-11(9-15)10-5-6-10/h10-11H,2-9H2,1H3,(H,14,16). The van der Waals surface area contributed by atoms with Crippen LogP contribution in [0.25, 0.3) is 0 Å². The van der Waals surface area contributed by atoms with E-state index >= 15 is 0 Å². The zero-order chi connectivity index (χ0) is 13.0. The van der Waals surface area contributed by atoms with Gasteiger partial charge in [-0.2, -0.15) is 0 Å². The molecule has 0 bridgehead atoms. The first-order valence-corrected chi connectivity index (χ1v) is 6.80. The van der Waals surface area contributed by atoms with Crippen LogP contribution in [0.15, 0.2) is 0 Å². The molecule has 1 aliphatic carbocycles. The van der Waals surface area contributed by atoms with Crippen LogP contribution in [0.5, 0.6) is 0 Å². The Hall–Kier alpha value is -1.10. The number of carbonyl (C=O) groups is 2. The summed E-state index contributed by atoms with van der Waals surface area (Å²) in [7, 11) is 1.62. The van der Waals surface area contributed by atoms with Gasteiger partial charge in [0.15, 0.2) is 0 Å². The fourth-order valence-electron chi connectivity index (χ4n) is 2.34. The summed E-state index contributed by atoms with van der Waals surface area (Å²) in [6, 6.07) is 0. The van der Waals surface area contributed by atoms with Crippen molar-refractivity contribution in [2.75, 3.05) is 26.7 Å². The summed E-state index contributed by atoms with van der Waals surface area (Å²) in [4.78, 5) is 25.0. The number of rotatable bonds is 5. The highest BCUT2D eigenvalue weighted by Crippen LogP contribution is 2.35. The van der Waals surface area contributed by atoms with Gasteiger partial charge in [0.1, 0.15) is 0 Å². The smallest absolute Gasteiger partial charge is 0.222 e. The monoisotopic (exact) mass is 254 g/mol. The van der Waals surface area contributed by atoms with Crippen LogP contribution in [0.2, 0.25) is 0 Å². The summed E-state index contributed by atoms with van der Waals surface area (Å²) in [5.74, 6) is 0.833. The maximum absolute atomic E-state index is 12.0. The first-order chi connectivity index (χ1) is 8.70. The average molecular weight is 254 g/mol. The molecule has 5 heteroatoms. The van der Waals surface area contributed by atoms with Gasteiger partial charge >= 0.3 is 0 Å². The number of hydrogen-bond donors (Lipinski definition) is 1. The fourth-order valence-corrected chi connectivity index (χ4v) is 2.34. The third-order valence-electron chi connectivity index (χ3n) is 3.67. The fraction of sp³-hybridized carbons (Fsp3) is 0.846. The van der Waals surface area contributed by atoms with E-state index in [4.69, 9.17) is 4.74 Å². The number of ether oxygens (including phenoxy) is 1. The van der Waals surface area contributed by atoms with Gasteiger partial charge in [-0.15, -0.1) is 0 Å². The van der Waals surface area contributed by atoms with E-state index in [-0.39, 0.29) is 17.9 Å². The number of nitrogens with one attached hydrogen (secondary N) is 1. The van der Waals surface area contributed by atoms with Crippen molar-refractivity contribution < 1.29 is 14.3 Å². The van der Waals surface area contributed by atoms with Gasteiger partial charge in [-0.3, -0.25) is 9.59 Å². The molecule has 1 N–H and O–H groups in total. The van der Waals surface area contributed by atoms with Crippen molar-refractivity contribution in [1.29, 1.82) is 0 Å². The molecular formula is C13H22N2O3. The van der Waals surface area contributed by atoms with E-state index in [0.717, 1.165) is 6.54 Å². The molecule has 2 aliphatic rings. The van der Waals surface area contributed by atoms with Crippen molar-refractivity contribution in [2.24, 2.45) is 5.92 Å². The zero-order valence-corrected chi connectivity index (χ0v) is 11.0. The van der Waals surface area contributed by atoms with Gasteiger partial charge in [0, 0.05) is 33.0 Å². The second-order valence-electron chi connectivity index (χ2n) is 5.11. The molecule has 2 rings (SSSR count). The van der Waals surface area contributed by atoms with Crippen molar-refractivity contribution in [2.45, 2.75) is 38.2 Å². The number of hydrogen-bond acceptors (Lipinski definition) is 3. The largest absolute Gasteiger partial charge is 0.374 e. The Morgan fingerprint density at radius 1 is 1.33 bits per heavy atom. The molecule has 0 radical (unpaired) electrons. The minimum Gasteiger partial charge on any atom is -0.374 e. The van der Waals surface area contributed by atoms with Crippen molar-refractivity contribution >= 4 is 11.8 Å². The molecule has 18 heavy (non-hydrogen) atoms. The molecule has 5 nitrogen and oxygen atoms in total. The number of nitrogens with zero attached hydrogens (tertiary/aromatic N) is 1. The van der Waals surface area contributed by atoms with E-state index in [2.05, 4.69) is 5.32 Å². The van der Waals surface area contributed by atoms with Crippen LogP contribution in [-0.2, 0) is 14.3 Å². The van der Waals surface area contributed by atoms with Crippen LogP contribution in [0, 0.1) is 5.92 Å². The van der Waals surface area contributed by atoms with Gasteiger partial charge in [-0.05, 0) is 25.2 Å². The van der Waals surface area contributed by atoms with Gasteiger partial charge in [0.2, 0.25) is 11.8 Å². The topological polar surface area (TPSA) is 58.6 Å². The second-order valence-corrected chi connectivity index (χ2v) is 5.11. The highest BCUT2D eigenvalue weighted by molar-refractivity contribution is 5.78. The van der Waals surface area contributed by atoms with Gasteiger partial charge in [0.05, 0.1) is 12.7 Å². The van der Waals surface area contributed by atoms with E-state index in [1.54, 1.807) is 7.05 Å². The number of morpholine rings is 1. The molecule has 1 heterocycles. The Kier molecular flexibility index (Phi) is 4.58. The normalized spacial score (nSPS) is 23.8. The van der Waals surface area contributed by atoms with E-state index in [9.17, 15) is 9.59 Å². The maximum Gasteiger partial charge on any atom is 0.222 e. The lowest BCUT2D eigenvalue weighted by molar-refractivity contribution is -0.139. The summed E-state index contributed by atoms with van der Waals surface area (Å²) < 4.78 is 5.68. The Balaban J connectivity index is 1.69. The lowest BCUT2D eigenvalue weighted by Gasteiger charge is -2.33. The molecule has 1 atom stereocenters. The summed E-state index contributed by atoms with van der Waals surface area (Å²) in [6.45, 7) is 2.09. The molecule has 1 saturated heterocycles. The lowest BCUT2D eigenvalue weighted by Crippen LogP contribution is -2.46. The zero-order valence-electron chi connectivity index (χ0n) is 11.0. The molecule has 1 saturated carbocycles. The summed E-state index contributed by atoms with van der Waals surface area (Å²) in [6.07, 6.45) is 4.25. The predicted octanol–water partition coefficient (Wildman–Crippen LogP) is 0.540. The average Bonchev–Trinajstić information content (AvgIpc) is 3.23. The highest BCUT2D eigenvalue weighted by atomic mass is 16.5. The quantitative estimate of drug-likeness (QED) is 0.779. The third kappa shape index (κ3) is 3.70. The van der Waals surface area contributed by atoms with Crippen LogP contribution in [0.1, 0.15) is 32.1 Å². The van der Waals surface area contributed by atoms with Gasteiger partial charge in [-0.25, -0.2) is 0 Å². The summed E-state index contributed by atoms with van der Waals surface area (Å²) in [5, 5.41) is 2.56. The van der Waals surface area contributed by atoms with Gasteiger partial charge < -0.3 is 15.0 Å². The molecule has 1 aliphatic heterocycles. The first kappa shape index (κ1) is 13.3. The summed E-state index contributed by atoms with van der Waals surface area (Å²) >= 11 is 0. The maximum atomic E-state index is 12.0. The highest BCUT2D eigenvalue weighted by Gasteiger charge is 2.36. The van der Waals surface area contributed by atoms with Crippen molar-refractivity contribution in [3.63, 3.8) is 0 Å². The lowest BCUT2D eigenvalue weighted by atomic mass is 10.1. The van der Waals surface area contributed by atoms with Crippen LogP contribution in [-0.4, -0.2) is 49.6 Å². The molecule has 0 spiro atoms. The van der Waals surface area contributed by atoms with E-state index in [1.165, 1.54) is 12.8 Å².